The molecular weight excluding hydrogens is 398 g/mol. The van der Waals surface area contributed by atoms with E-state index in [0.29, 0.717) is 23.2 Å². The van der Waals surface area contributed by atoms with Gasteiger partial charge in [-0.05, 0) is 42.8 Å². The summed E-state index contributed by atoms with van der Waals surface area (Å²) in [5, 5.41) is 0.629. The number of thiazole rings is 1. The van der Waals surface area contributed by atoms with Crippen LogP contribution < -0.4 is 14.4 Å². The summed E-state index contributed by atoms with van der Waals surface area (Å²) in [5.41, 5.74) is 2.76. The van der Waals surface area contributed by atoms with Crippen molar-refractivity contribution in [2.45, 2.75) is 13.5 Å². The van der Waals surface area contributed by atoms with Crippen molar-refractivity contribution in [3.63, 3.8) is 0 Å². The Morgan fingerprint density at radius 1 is 1.07 bits per heavy atom. The number of hydrogen-bond donors (Lipinski definition) is 0. The molecule has 0 saturated carbocycles. The minimum atomic E-state index is -0.194. The van der Waals surface area contributed by atoms with Gasteiger partial charge in [0.2, 0.25) is 0 Å². The summed E-state index contributed by atoms with van der Waals surface area (Å²) < 4.78 is 12.0. The summed E-state index contributed by atoms with van der Waals surface area (Å²) in [6.45, 7) is 2.22. The highest BCUT2D eigenvalue weighted by Gasteiger charge is 2.22. The molecule has 4 rings (SSSR count). The molecule has 4 aromatic rings. The van der Waals surface area contributed by atoms with Gasteiger partial charge in [0.1, 0.15) is 11.5 Å². The molecule has 0 fully saturated rings. The summed E-state index contributed by atoms with van der Waals surface area (Å²) in [6, 6.07) is 18.9. The first kappa shape index (κ1) is 19.8. The second-order valence-corrected chi connectivity index (χ2v) is 7.70. The number of aromatic nitrogens is 2. The Morgan fingerprint density at radius 2 is 1.90 bits per heavy atom. The number of nitrogens with zero attached hydrogens (tertiary/aromatic N) is 3. The first-order valence-corrected chi connectivity index (χ1v) is 10.3. The number of pyridine rings is 1. The lowest BCUT2D eigenvalue weighted by atomic mass is 10.2. The molecule has 6 nitrogen and oxygen atoms in total. The van der Waals surface area contributed by atoms with E-state index < -0.39 is 0 Å². The average molecular weight is 420 g/mol. The zero-order chi connectivity index (χ0) is 20.9. The first-order chi connectivity index (χ1) is 14.6. The van der Waals surface area contributed by atoms with Crippen LogP contribution >= 0.6 is 11.3 Å². The van der Waals surface area contributed by atoms with Gasteiger partial charge < -0.3 is 9.47 Å². The lowest BCUT2D eigenvalue weighted by Gasteiger charge is -2.19. The van der Waals surface area contributed by atoms with Crippen LogP contribution in [0.5, 0.6) is 11.5 Å². The van der Waals surface area contributed by atoms with Gasteiger partial charge in [-0.3, -0.25) is 14.7 Å². The fourth-order valence-electron chi connectivity index (χ4n) is 3.02. The van der Waals surface area contributed by atoms with E-state index in [9.17, 15) is 4.79 Å². The maximum Gasteiger partial charge on any atom is 0.267 e. The van der Waals surface area contributed by atoms with Crippen molar-refractivity contribution in [1.82, 2.24) is 9.97 Å². The van der Waals surface area contributed by atoms with E-state index in [-0.39, 0.29) is 12.5 Å². The second kappa shape index (κ2) is 8.92. The van der Waals surface area contributed by atoms with Gasteiger partial charge in [0.05, 0.1) is 29.6 Å². The number of methoxy groups -OCH3 is 1. The number of hydrogen-bond acceptors (Lipinski definition) is 6. The van der Waals surface area contributed by atoms with Crippen LogP contribution in [0.15, 0.2) is 66.9 Å². The summed E-state index contributed by atoms with van der Waals surface area (Å²) in [6.07, 6.45) is 1.72. The Hall–Kier alpha value is -3.45. The molecular formula is C23H21N3O3S. The molecule has 2 aromatic carbocycles. The van der Waals surface area contributed by atoms with Crippen LogP contribution in [0, 0.1) is 6.92 Å². The minimum absolute atomic E-state index is 0.116. The van der Waals surface area contributed by atoms with Gasteiger partial charge in [0.25, 0.3) is 5.91 Å². The van der Waals surface area contributed by atoms with Crippen molar-refractivity contribution >= 4 is 32.6 Å². The maximum absolute atomic E-state index is 13.1. The van der Waals surface area contributed by atoms with Gasteiger partial charge >= 0.3 is 0 Å². The fraction of sp³-hybridized carbons (Fsp3) is 0.174. The van der Waals surface area contributed by atoms with E-state index in [2.05, 4.69) is 4.98 Å². The van der Waals surface area contributed by atoms with E-state index >= 15 is 0 Å². The summed E-state index contributed by atoms with van der Waals surface area (Å²) in [4.78, 5) is 23.9. The smallest absolute Gasteiger partial charge is 0.267 e. The minimum Gasteiger partial charge on any atom is -0.497 e. The Balaban J connectivity index is 1.60. The van der Waals surface area contributed by atoms with Gasteiger partial charge in [0.15, 0.2) is 11.7 Å². The van der Waals surface area contributed by atoms with Gasteiger partial charge in [0, 0.05) is 12.3 Å². The zero-order valence-electron chi connectivity index (χ0n) is 16.7. The van der Waals surface area contributed by atoms with E-state index in [1.807, 2.05) is 55.5 Å². The van der Waals surface area contributed by atoms with Crippen LogP contribution in [-0.4, -0.2) is 29.6 Å². The van der Waals surface area contributed by atoms with Crippen LogP contribution in [0.2, 0.25) is 0 Å². The summed E-state index contributed by atoms with van der Waals surface area (Å²) in [7, 11) is 1.59. The van der Waals surface area contributed by atoms with E-state index in [1.54, 1.807) is 30.3 Å². The van der Waals surface area contributed by atoms with Gasteiger partial charge in [-0.15, -0.1) is 0 Å². The molecule has 0 bridgehead atoms. The number of benzene rings is 2. The molecule has 152 valence electrons. The molecule has 7 heteroatoms. The van der Waals surface area contributed by atoms with Gasteiger partial charge in [-0.2, -0.15) is 0 Å². The molecule has 2 heterocycles. The van der Waals surface area contributed by atoms with E-state index in [4.69, 9.17) is 14.5 Å². The lowest BCUT2D eigenvalue weighted by Crippen LogP contribution is -2.34. The molecule has 0 aliphatic rings. The topological polar surface area (TPSA) is 64.6 Å². The van der Waals surface area contributed by atoms with Crippen molar-refractivity contribution < 1.29 is 14.3 Å². The van der Waals surface area contributed by atoms with E-state index in [1.165, 1.54) is 11.3 Å². The Morgan fingerprint density at radius 3 is 2.67 bits per heavy atom. The van der Waals surface area contributed by atoms with Crippen LogP contribution in [-0.2, 0) is 11.3 Å². The number of aryl methyl sites for hydroxylation is 1. The van der Waals surface area contributed by atoms with E-state index in [0.717, 1.165) is 21.5 Å². The third kappa shape index (κ3) is 4.41. The number of amides is 1. The number of rotatable bonds is 7. The molecule has 0 unspecified atom stereocenters. The number of carbonyl (C=O) groups is 1. The predicted octanol–water partition coefficient (Wildman–Crippen LogP) is 4.62. The third-order valence-electron chi connectivity index (χ3n) is 4.59. The van der Waals surface area contributed by atoms with Crippen LogP contribution in [0.3, 0.4) is 0 Å². The molecule has 0 atom stereocenters. The van der Waals surface area contributed by atoms with Gasteiger partial charge in [-0.1, -0.05) is 35.6 Å². The number of anilines is 1. The highest BCUT2D eigenvalue weighted by atomic mass is 32.1. The van der Waals surface area contributed by atoms with Crippen LogP contribution in [0.1, 0.15) is 11.3 Å². The molecule has 1 amide bonds. The standard InChI is InChI=1S/C23H21N3O3S/c1-16-7-5-11-20-22(16)25-23(30-20)26(14-17-8-3-4-12-24-17)21(27)15-29-19-10-6-9-18(13-19)28-2/h3-13H,14-15H2,1-2H3. The number of fused-ring (bicyclic) bond motifs is 1. The predicted molar refractivity (Wildman–Crippen MR) is 118 cm³/mol. The van der Waals surface area contributed by atoms with Crippen molar-refractivity contribution in [2.24, 2.45) is 0 Å². The average Bonchev–Trinajstić information content (AvgIpc) is 3.22. The molecule has 0 radical (unpaired) electrons. The molecule has 0 spiro atoms. The number of ether oxygens (including phenoxy) is 2. The number of para-hydroxylation sites is 1. The largest absolute Gasteiger partial charge is 0.497 e. The highest BCUT2D eigenvalue weighted by Crippen LogP contribution is 2.31. The number of carbonyl (C=O) groups excluding carboxylic acids is 1. The summed E-state index contributed by atoms with van der Waals surface area (Å²) >= 11 is 1.49. The first-order valence-electron chi connectivity index (χ1n) is 9.47. The van der Waals surface area contributed by atoms with Crippen LogP contribution in [0.25, 0.3) is 10.2 Å². The molecule has 2 aromatic heterocycles. The Bertz CT molecular complexity index is 1160. The normalized spacial score (nSPS) is 10.7. The van der Waals surface area contributed by atoms with Crippen LogP contribution in [0.4, 0.5) is 5.13 Å². The Labute approximate surface area is 178 Å². The van der Waals surface area contributed by atoms with Crippen molar-refractivity contribution in [1.29, 1.82) is 0 Å². The third-order valence-corrected chi connectivity index (χ3v) is 5.63. The highest BCUT2D eigenvalue weighted by molar-refractivity contribution is 7.22. The second-order valence-electron chi connectivity index (χ2n) is 6.69. The fourth-order valence-corrected chi connectivity index (χ4v) is 4.08. The molecule has 0 aliphatic heterocycles. The zero-order valence-corrected chi connectivity index (χ0v) is 17.6. The lowest BCUT2D eigenvalue weighted by molar-refractivity contribution is -0.120. The van der Waals surface area contributed by atoms with Crippen molar-refractivity contribution in [3.05, 3.63) is 78.1 Å². The monoisotopic (exact) mass is 419 g/mol. The van der Waals surface area contributed by atoms with Crippen molar-refractivity contribution in [3.8, 4) is 11.5 Å². The molecule has 0 aliphatic carbocycles. The molecule has 0 N–H and O–H groups in total. The quantitative estimate of drug-likeness (QED) is 0.437. The van der Waals surface area contributed by atoms with Crippen molar-refractivity contribution in [2.75, 3.05) is 18.6 Å². The SMILES string of the molecule is COc1cccc(OCC(=O)N(Cc2ccccn2)c2nc3c(C)cccc3s2)c1. The maximum atomic E-state index is 13.1. The molecule has 0 saturated heterocycles. The Kier molecular flexibility index (Phi) is 5.90. The summed E-state index contributed by atoms with van der Waals surface area (Å²) in [5.74, 6) is 1.05. The van der Waals surface area contributed by atoms with Gasteiger partial charge in [-0.25, -0.2) is 4.98 Å². The molecule has 30 heavy (non-hydrogen) atoms.